The summed E-state index contributed by atoms with van der Waals surface area (Å²) in [7, 11) is -3.19. The number of nitrogens with one attached hydrogen (secondary N) is 2. The zero-order valence-electron chi connectivity index (χ0n) is 9.52. The van der Waals surface area contributed by atoms with Crippen LogP contribution in [0.25, 0.3) is 0 Å². The Morgan fingerprint density at radius 1 is 1.38 bits per heavy atom. The van der Waals surface area contributed by atoms with Crippen LogP contribution in [0.4, 0.5) is 0 Å². The standard InChI is InChI=1S/C8H19N3O3S.ClH/c1-3-4-7(9)8(12)10-5-6-11-15(2,13)14;/h7,11H,3-6,9H2,1-2H3,(H,10,12);1H. The van der Waals surface area contributed by atoms with E-state index in [9.17, 15) is 13.2 Å². The monoisotopic (exact) mass is 273 g/mol. The molecule has 0 aromatic rings. The van der Waals surface area contributed by atoms with Crippen LogP contribution in [0, 0.1) is 0 Å². The van der Waals surface area contributed by atoms with E-state index in [1.54, 1.807) is 0 Å². The van der Waals surface area contributed by atoms with Crippen LogP contribution in [0.15, 0.2) is 0 Å². The first-order valence-corrected chi connectivity index (χ1v) is 6.74. The van der Waals surface area contributed by atoms with Crippen molar-refractivity contribution in [3.8, 4) is 0 Å². The molecule has 98 valence electrons. The van der Waals surface area contributed by atoms with Crippen LogP contribution in [0.3, 0.4) is 0 Å². The fourth-order valence-corrected chi connectivity index (χ4v) is 1.47. The van der Waals surface area contributed by atoms with Gasteiger partial charge in [0.25, 0.3) is 0 Å². The van der Waals surface area contributed by atoms with Crippen molar-refractivity contribution in [1.82, 2.24) is 10.0 Å². The van der Waals surface area contributed by atoms with Gasteiger partial charge in [0.15, 0.2) is 0 Å². The first-order valence-electron chi connectivity index (χ1n) is 4.84. The number of halogens is 1. The molecule has 1 amide bonds. The van der Waals surface area contributed by atoms with Gasteiger partial charge < -0.3 is 11.1 Å². The molecule has 0 saturated heterocycles. The summed E-state index contributed by atoms with van der Waals surface area (Å²) in [6.45, 7) is 2.38. The summed E-state index contributed by atoms with van der Waals surface area (Å²) in [6, 6.07) is -0.506. The highest BCUT2D eigenvalue weighted by Gasteiger charge is 2.11. The molecule has 0 rings (SSSR count). The Kier molecular flexibility index (Phi) is 9.84. The minimum atomic E-state index is -3.19. The van der Waals surface area contributed by atoms with Gasteiger partial charge in [0.05, 0.1) is 12.3 Å². The van der Waals surface area contributed by atoms with Gasteiger partial charge >= 0.3 is 0 Å². The molecule has 0 aliphatic heterocycles. The van der Waals surface area contributed by atoms with E-state index in [1.807, 2.05) is 6.92 Å². The van der Waals surface area contributed by atoms with Crippen LogP contribution in [0.5, 0.6) is 0 Å². The zero-order valence-corrected chi connectivity index (χ0v) is 11.2. The maximum atomic E-state index is 11.2. The minimum Gasteiger partial charge on any atom is -0.353 e. The van der Waals surface area contributed by atoms with Gasteiger partial charge in [0, 0.05) is 13.1 Å². The quantitative estimate of drug-likeness (QED) is 0.529. The minimum absolute atomic E-state index is 0. The Balaban J connectivity index is 0. The molecule has 1 unspecified atom stereocenters. The third kappa shape index (κ3) is 10.2. The van der Waals surface area contributed by atoms with E-state index >= 15 is 0 Å². The lowest BCUT2D eigenvalue weighted by Crippen LogP contribution is -2.43. The fraction of sp³-hybridized carbons (Fsp3) is 0.875. The largest absolute Gasteiger partial charge is 0.353 e. The molecule has 6 nitrogen and oxygen atoms in total. The van der Waals surface area contributed by atoms with Crippen LogP contribution < -0.4 is 15.8 Å². The molecule has 0 aromatic carbocycles. The van der Waals surface area contributed by atoms with E-state index in [0.717, 1.165) is 12.7 Å². The molecule has 4 N–H and O–H groups in total. The van der Waals surface area contributed by atoms with Crippen molar-refractivity contribution in [2.75, 3.05) is 19.3 Å². The number of hydrogen-bond donors (Lipinski definition) is 3. The first-order chi connectivity index (χ1) is 6.87. The van der Waals surface area contributed by atoms with Gasteiger partial charge in [-0.2, -0.15) is 0 Å². The molecule has 0 aliphatic rings. The number of rotatable bonds is 7. The van der Waals surface area contributed by atoms with E-state index in [-0.39, 0.29) is 31.4 Å². The maximum Gasteiger partial charge on any atom is 0.236 e. The lowest BCUT2D eigenvalue weighted by Gasteiger charge is -2.10. The molecular formula is C8H20ClN3O3S. The van der Waals surface area contributed by atoms with Crippen LogP contribution in [-0.2, 0) is 14.8 Å². The topological polar surface area (TPSA) is 101 Å². The molecule has 0 radical (unpaired) electrons. The average molecular weight is 274 g/mol. The van der Waals surface area contributed by atoms with Gasteiger partial charge in [-0.25, -0.2) is 13.1 Å². The normalized spacial score (nSPS) is 12.7. The Hall–Kier alpha value is -0.370. The van der Waals surface area contributed by atoms with Gasteiger partial charge in [-0.3, -0.25) is 4.79 Å². The second-order valence-electron chi connectivity index (χ2n) is 3.35. The van der Waals surface area contributed by atoms with Crippen molar-refractivity contribution >= 4 is 28.3 Å². The second kappa shape index (κ2) is 8.74. The molecule has 0 saturated carbocycles. The molecule has 0 aromatic heterocycles. The van der Waals surface area contributed by atoms with E-state index in [2.05, 4.69) is 10.0 Å². The molecule has 0 spiro atoms. The van der Waals surface area contributed by atoms with Gasteiger partial charge in [-0.1, -0.05) is 13.3 Å². The Bertz CT molecular complexity index is 295. The third-order valence-electron chi connectivity index (χ3n) is 1.72. The van der Waals surface area contributed by atoms with Crippen molar-refractivity contribution in [3.63, 3.8) is 0 Å². The van der Waals surface area contributed by atoms with Crippen molar-refractivity contribution in [3.05, 3.63) is 0 Å². The SMILES string of the molecule is CCCC(N)C(=O)NCCNS(C)(=O)=O.Cl. The smallest absolute Gasteiger partial charge is 0.236 e. The van der Waals surface area contributed by atoms with Crippen molar-refractivity contribution < 1.29 is 13.2 Å². The molecule has 0 aliphatic carbocycles. The first kappa shape index (κ1) is 18.0. The predicted molar refractivity (Wildman–Crippen MR) is 66.0 cm³/mol. The maximum absolute atomic E-state index is 11.2. The summed E-state index contributed by atoms with van der Waals surface area (Å²) in [4.78, 5) is 11.2. The Morgan fingerprint density at radius 3 is 2.38 bits per heavy atom. The second-order valence-corrected chi connectivity index (χ2v) is 5.19. The molecule has 0 heterocycles. The van der Waals surface area contributed by atoms with E-state index < -0.39 is 16.1 Å². The number of carbonyl (C=O) groups is 1. The summed E-state index contributed by atoms with van der Waals surface area (Å²) in [5, 5.41) is 2.55. The van der Waals surface area contributed by atoms with E-state index in [4.69, 9.17) is 5.73 Å². The lowest BCUT2D eigenvalue weighted by molar-refractivity contribution is -0.122. The van der Waals surface area contributed by atoms with E-state index in [1.165, 1.54) is 0 Å². The summed E-state index contributed by atoms with van der Waals surface area (Å²) < 4.78 is 23.6. The number of hydrogen-bond acceptors (Lipinski definition) is 4. The molecular weight excluding hydrogens is 254 g/mol. The van der Waals surface area contributed by atoms with Crippen LogP contribution in [-0.4, -0.2) is 39.7 Å². The van der Waals surface area contributed by atoms with Gasteiger partial charge in [0.1, 0.15) is 0 Å². The summed E-state index contributed by atoms with van der Waals surface area (Å²) >= 11 is 0. The molecule has 1 atom stereocenters. The highest BCUT2D eigenvalue weighted by atomic mass is 35.5. The highest BCUT2D eigenvalue weighted by molar-refractivity contribution is 7.88. The molecule has 0 fully saturated rings. The number of nitrogens with two attached hydrogens (primary N) is 1. The lowest BCUT2D eigenvalue weighted by atomic mass is 10.2. The molecule has 0 bridgehead atoms. The molecule has 16 heavy (non-hydrogen) atoms. The Morgan fingerprint density at radius 2 is 1.94 bits per heavy atom. The molecule has 8 heteroatoms. The average Bonchev–Trinajstić information content (AvgIpc) is 2.11. The number of amides is 1. The zero-order chi connectivity index (χ0) is 11.9. The van der Waals surface area contributed by atoms with Crippen molar-refractivity contribution in [2.45, 2.75) is 25.8 Å². The highest BCUT2D eigenvalue weighted by Crippen LogP contribution is 1.92. The van der Waals surface area contributed by atoms with Crippen LogP contribution in [0.2, 0.25) is 0 Å². The van der Waals surface area contributed by atoms with Crippen molar-refractivity contribution in [2.24, 2.45) is 5.73 Å². The Labute approximate surface area is 103 Å². The van der Waals surface area contributed by atoms with Crippen LogP contribution in [0.1, 0.15) is 19.8 Å². The fourth-order valence-electron chi connectivity index (χ4n) is 0.995. The van der Waals surface area contributed by atoms with Crippen LogP contribution >= 0.6 is 12.4 Å². The summed E-state index contributed by atoms with van der Waals surface area (Å²) in [6.07, 6.45) is 2.54. The van der Waals surface area contributed by atoms with Gasteiger partial charge in [-0.05, 0) is 6.42 Å². The van der Waals surface area contributed by atoms with E-state index in [0.29, 0.717) is 6.42 Å². The predicted octanol–water partition coefficient (Wildman–Crippen LogP) is -0.799. The summed E-state index contributed by atoms with van der Waals surface area (Å²) in [5.41, 5.74) is 5.55. The van der Waals surface area contributed by atoms with Gasteiger partial charge in [0.2, 0.25) is 15.9 Å². The van der Waals surface area contributed by atoms with Gasteiger partial charge in [-0.15, -0.1) is 12.4 Å². The third-order valence-corrected chi connectivity index (χ3v) is 2.45. The summed E-state index contributed by atoms with van der Waals surface area (Å²) in [5.74, 6) is -0.243. The number of carbonyl (C=O) groups excluding carboxylic acids is 1. The number of sulfonamides is 1. The van der Waals surface area contributed by atoms with Crippen molar-refractivity contribution in [1.29, 1.82) is 0 Å².